The molecule has 4 aliphatic rings. The van der Waals surface area contributed by atoms with E-state index in [9.17, 15) is 0 Å². The van der Waals surface area contributed by atoms with Gasteiger partial charge in [0.15, 0.2) is 0 Å². The number of fused-ring (bicyclic) bond motifs is 3. The Morgan fingerprint density at radius 1 is 0.760 bits per heavy atom. The molecule has 3 heteroatoms. The quantitative estimate of drug-likeness (QED) is 0.466. The SMILES string of the molecule is C[C]1[CH][CH][C](C(C)(C)[C]2[C]3C=CC=C[C]3[C]3C=CC=C[C]32)[CH]1.[Cl][Zr][Cl]. The first kappa shape index (κ1) is 20.2. The van der Waals surface area contributed by atoms with E-state index in [2.05, 4.69) is 88.6 Å². The molecule has 10 radical (unpaired) electrons. The fraction of sp³-hybridized carbons (Fsp3) is 0.182. The van der Waals surface area contributed by atoms with Gasteiger partial charge in [-0.2, -0.15) is 0 Å². The Kier molecular flexibility index (Phi) is 6.95. The molecule has 4 aliphatic carbocycles. The number of allylic oxidation sites excluding steroid dienone is 8. The molecule has 0 aromatic rings. The van der Waals surface area contributed by atoms with Gasteiger partial charge in [-0.05, 0) is 36.5 Å². The molecule has 2 fully saturated rings. The summed E-state index contributed by atoms with van der Waals surface area (Å²) in [4.78, 5) is 0. The molecule has 0 aromatic carbocycles. The average Bonchev–Trinajstić information content (AvgIpc) is 3.18. The third kappa shape index (κ3) is 4.00. The van der Waals surface area contributed by atoms with Crippen molar-refractivity contribution in [3.63, 3.8) is 0 Å². The molecule has 0 heterocycles. The third-order valence-corrected chi connectivity index (χ3v) is 4.94. The second-order valence-electron chi connectivity index (χ2n) is 6.84. The van der Waals surface area contributed by atoms with E-state index in [1.807, 2.05) is 0 Å². The Bertz CT molecular complexity index is 541. The van der Waals surface area contributed by atoms with Crippen LogP contribution in [0.4, 0.5) is 0 Å². The molecule has 0 aromatic heterocycles. The van der Waals surface area contributed by atoms with E-state index < -0.39 is 20.8 Å². The molecule has 25 heavy (non-hydrogen) atoms. The fourth-order valence-electron chi connectivity index (χ4n) is 3.79. The molecule has 0 unspecified atom stereocenters. The number of hydrogen-bond donors (Lipinski definition) is 0. The van der Waals surface area contributed by atoms with Gasteiger partial charge in [0.1, 0.15) is 0 Å². The van der Waals surface area contributed by atoms with Gasteiger partial charge in [0.25, 0.3) is 0 Å². The van der Waals surface area contributed by atoms with Crippen molar-refractivity contribution in [2.24, 2.45) is 5.41 Å². The van der Waals surface area contributed by atoms with Gasteiger partial charge in [0, 0.05) is 29.6 Å². The van der Waals surface area contributed by atoms with Crippen molar-refractivity contribution < 1.29 is 20.8 Å². The van der Waals surface area contributed by atoms with Crippen LogP contribution in [0.1, 0.15) is 20.8 Å². The molecular formula is C22H20Cl2Zr. The average molecular weight is 447 g/mol. The Morgan fingerprint density at radius 3 is 1.60 bits per heavy atom. The maximum absolute atomic E-state index is 4.93. The first-order valence-corrected chi connectivity index (χ1v) is 14.6. The number of hydrogen-bond acceptors (Lipinski definition) is 0. The van der Waals surface area contributed by atoms with Gasteiger partial charge in [-0.25, -0.2) is 0 Å². The van der Waals surface area contributed by atoms with Crippen LogP contribution in [0.15, 0.2) is 48.6 Å². The van der Waals surface area contributed by atoms with Gasteiger partial charge >= 0.3 is 37.9 Å². The van der Waals surface area contributed by atoms with Crippen LogP contribution in [0.3, 0.4) is 0 Å². The predicted octanol–water partition coefficient (Wildman–Crippen LogP) is 6.32. The summed E-state index contributed by atoms with van der Waals surface area (Å²) < 4.78 is 0. The van der Waals surface area contributed by atoms with Gasteiger partial charge in [0.2, 0.25) is 0 Å². The van der Waals surface area contributed by atoms with Gasteiger partial charge in [-0.3, -0.25) is 0 Å². The first-order chi connectivity index (χ1) is 12.0. The van der Waals surface area contributed by atoms with E-state index in [-0.39, 0.29) is 5.41 Å². The van der Waals surface area contributed by atoms with Crippen molar-refractivity contribution >= 4 is 17.0 Å². The zero-order valence-electron chi connectivity index (χ0n) is 14.6. The summed E-state index contributed by atoms with van der Waals surface area (Å²) in [7, 11) is 9.87. The molecule has 0 spiro atoms. The predicted molar refractivity (Wildman–Crippen MR) is 103 cm³/mol. The summed E-state index contributed by atoms with van der Waals surface area (Å²) in [5.41, 5.74) is -0.00301. The Balaban J connectivity index is 0.000000569. The van der Waals surface area contributed by atoms with E-state index >= 15 is 0 Å². The summed E-state index contributed by atoms with van der Waals surface area (Å²) in [5.74, 6) is 9.67. The third-order valence-electron chi connectivity index (χ3n) is 4.94. The molecular weight excluding hydrogens is 426 g/mol. The van der Waals surface area contributed by atoms with Gasteiger partial charge < -0.3 is 0 Å². The first-order valence-electron chi connectivity index (χ1n) is 8.27. The molecule has 0 amide bonds. The van der Waals surface area contributed by atoms with Crippen LogP contribution < -0.4 is 0 Å². The maximum atomic E-state index is 4.93. The monoisotopic (exact) mass is 444 g/mol. The minimum atomic E-state index is -0.826. The Labute approximate surface area is 172 Å². The van der Waals surface area contributed by atoms with E-state index in [1.165, 1.54) is 41.4 Å². The van der Waals surface area contributed by atoms with Crippen LogP contribution in [0, 0.1) is 66.1 Å². The van der Waals surface area contributed by atoms with E-state index in [4.69, 9.17) is 17.0 Å². The number of halogens is 2. The fourth-order valence-corrected chi connectivity index (χ4v) is 3.79. The standard InChI is InChI=1S/C22H20.2ClH.Zr/c1-15-12-13-16(14-15)22(2,3)21-19-10-6-4-8-17(19)18-9-5-7-11-20(18)21;;;/h4-14H,1-3H3;2*1H;/q;;;+2/p-2. The van der Waals surface area contributed by atoms with Crippen molar-refractivity contribution in [1.29, 1.82) is 0 Å². The van der Waals surface area contributed by atoms with Crippen LogP contribution in [0.25, 0.3) is 0 Å². The number of rotatable bonds is 2. The minimum absolute atomic E-state index is 0.00301. The molecule has 0 aliphatic heterocycles. The normalized spacial score (nSPS) is 26.0. The molecule has 126 valence electrons. The van der Waals surface area contributed by atoms with Crippen molar-refractivity contribution in [1.82, 2.24) is 0 Å². The summed E-state index contributed by atoms with van der Waals surface area (Å²) in [6.45, 7) is 6.85. The molecule has 0 atom stereocenters. The van der Waals surface area contributed by atoms with E-state index in [0.29, 0.717) is 0 Å². The summed E-state index contributed by atoms with van der Waals surface area (Å²) in [5, 5.41) is 0. The zero-order valence-corrected chi connectivity index (χ0v) is 18.6. The van der Waals surface area contributed by atoms with Crippen LogP contribution in [-0.2, 0) is 20.8 Å². The van der Waals surface area contributed by atoms with Gasteiger partial charge in [-0.15, -0.1) is 0 Å². The van der Waals surface area contributed by atoms with E-state index in [1.54, 1.807) is 0 Å². The molecule has 4 rings (SSSR count). The zero-order chi connectivity index (χ0) is 18.0. The molecule has 0 bridgehead atoms. The van der Waals surface area contributed by atoms with Crippen molar-refractivity contribution in [3.05, 3.63) is 109 Å². The van der Waals surface area contributed by atoms with Crippen molar-refractivity contribution in [2.75, 3.05) is 0 Å². The van der Waals surface area contributed by atoms with Crippen LogP contribution in [-0.4, -0.2) is 0 Å². The van der Waals surface area contributed by atoms with Crippen LogP contribution in [0.5, 0.6) is 0 Å². The molecule has 0 N–H and O–H groups in total. The Hall–Kier alpha value is 0.423. The second kappa shape index (κ2) is 8.62. The van der Waals surface area contributed by atoms with Gasteiger partial charge in [0.05, 0.1) is 0 Å². The molecule has 2 saturated carbocycles. The van der Waals surface area contributed by atoms with Crippen LogP contribution in [0.2, 0.25) is 0 Å². The Morgan fingerprint density at radius 2 is 1.20 bits per heavy atom. The second-order valence-corrected chi connectivity index (χ2v) is 10.6. The summed E-state index contributed by atoms with van der Waals surface area (Å²) in [6, 6.07) is 0. The van der Waals surface area contributed by atoms with Crippen molar-refractivity contribution in [2.45, 2.75) is 20.8 Å². The summed E-state index contributed by atoms with van der Waals surface area (Å²) in [6.07, 6.45) is 24.4. The molecule has 0 nitrogen and oxygen atoms in total. The van der Waals surface area contributed by atoms with E-state index in [0.717, 1.165) is 0 Å². The van der Waals surface area contributed by atoms with Crippen molar-refractivity contribution in [3.8, 4) is 0 Å². The van der Waals surface area contributed by atoms with Crippen LogP contribution >= 0.6 is 17.0 Å². The van der Waals surface area contributed by atoms with Gasteiger partial charge in [-0.1, -0.05) is 69.4 Å². The molecule has 0 saturated heterocycles. The summed E-state index contributed by atoms with van der Waals surface area (Å²) >= 11 is -0.826. The topological polar surface area (TPSA) is 0 Å².